The van der Waals surface area contributed by atoms with Gasteiger partial charge in [-0.05, 0) is 19.3 Å². The van der Waals surface area contributed by atoms with Crippen molar-refractivity contribution in [3.05, 3.63) is 12.7 Å². The van der Waals surface area contributed by atoms with Gasteiger partial charge >= 0.3 is 0 Å². The van der Waals surface area contributed by atoms with Crippen molar-refractivity contribution < 1.29 is 34.2 Å². The Kier molecular flexibility index (Phi) is 17.1. The summed E-state index contributed by atoms with van der Waals surface area (Å²) in [7, 11) is 0. The Labute approximate surface area is 126 Å². The minimum Gasteiger partial charge on any atom is -0.396 e. The number of aliphatic hydroxyl groups is 2. The van der Waals surface area contributed by atoms with Gasteiger partial charge in [-0.15, -0.1) is 6.58 Å². The predicted molar refractivity (Wildman–Crippen MR) is 76.6 cm³/mol. The average Bonchev–Trinajstić information content (AvgIpc) is 2.50. The largest absolute Gasteiger partial charge is 0.396 e. The van der Waals surface area contributed by atoms with Crippen LogP contribution >= 0.6 is 0 Å². The number of hydrogen-bond donors (Lipinski definition) is 2. The Morgan fingerprint density at radius 3 is 2.43 bits per heavy atom. The zero-order valence-corrected chi connectivity index (χ0v) is 12.6. The van der Waals surface area contributed by atoms with Crippen LogP contribution in [-0.2, 0) is 24.0 Å². The molecular formula is C14H28O7. The Morgan fingerprint density at radius 1 is 0.905 bits per heavy atom. The second-order valence-corrected chi connectivity index (χ2v) is 4.25. The van der Waals surface area contributed by atoms with Gasteiger partial charge in [0, 0.05) is 13.2 Å². The highest BCUT2D eigenvalue weighted by molar-refractivity contribution is 4.65. The molecule has 0 aromatic rings. The number of ether oxygens (including phenoxy) is 3. The van der Waals surface area contributed by atoms with E-state index >= 15 is 0 Å². The van der Waals surface area contributed by atoms with Crippen LogP contribution in [0.5, 0.6) is 0 Å². The lowest BCUT2D eigenvalue weighted by atomic mass is 10.2. The molecule has 0 saturated heterocycles. The molecule has 0 amide bonds. The monoisotopic (exact) mass is 308 g/mol. The highest BCUT2D eigenvalue weighted by atomic mass is 17.2. The Bertz CT molecular complexity index is 213. The molecule has 0 saturated carbocycles. The molecule has 0 bridgehead atoms. The van der Waals surface area contributed by atoms with Crippen LogP contribution in [0.25, 0.3) is 0 Å². The molecule has 126 valence electrons. The topological polar surface area (TPSA) is 86.6 Å². The van der Waals surface area contributed by atoms with Crippen LogP contribution in [0.2, 0.25) is 0 Å². The van der Waals surface area contributed by atoms with Crippen LogP contribution in [0.15, 0.2) is 12.7 Å². The first kappa shape index (κ1) is 20.5. The predicted octanol–water partition coefficient (Wildman–Crippen LogP) is 0.651. The van der Waals surface area contributed by atoms with E-state index in [4.69, 9.17) is 24.4 Å². The van der Waals surface area contributed by atoms with Crippen LogP contribution in [0.1, 0.15) is 19.3 Å². The first-order valence-corrected chi connectivity index (χ1v) is 7.19. The summed E-state index contributed by atoms with van der Waals surface area (Å²) in [6, 6.07) is 0. The van der Waals surface area contributed by atoms with Crippen molar-refractivity contribution in [2.24, 2.45) is 0 Å². The van der Waals surface area contributed by atoms with E-state index in [9.17, 15) is 0 Å². The van der Waals surface area contributed by atoms with Crippen molar-refractivity contribution in [1.29, 1.82) is 0 Å². The first-order valence-electron chi connectivity index (χ1n) is 7.19. The molecule has 0 aliphatic rings. The minimum atomic E-state index is -0.477. The van der Waals surface area contributed by atoms with Crippen molar-refractivity contribution in [1.82, 2.24) is 0 Å². The summed E-state index contributed by atoms with van der Waals surface area (Å²) in [5, 5.41) is 17.0. The standard InChI is InChI=1S/C14H28O7/c1-2-7-17-11-14(19-8-5-3-4-6-15)12-18-9-10-20-21-13-16/h2,14-16H,1,3-13H2. The van der Waals surface area contributed by atoms with Crippen molar-refractivity contribution in [3.63, 3.8) is 0 Å². The van der Waals surface area contributed by atoms with Crippen LogP contribution in [-0.4, -0.2) is 69.4 Å². The van der Waals surface area contributed by atoms with Gasteiger partial charge in [-0.1, -0.05) is 6.08 Å². The van der Waals surface area contributed by atoms with Gasteiger partial charge in [-0.2, -0.15) is 0 Å². The smallest absolute Gasteiger partial charge is 0.178 e. The molecule has 1 atom stereocenters. The van der Waals surface area contributed by atoms with E-state index in [-0.39, 0.29) is 19.3 Å². The number of rotatable bonds is 17. The summed E-state index contributed by atoms with van der Waals surface area (Å²) in [4.78, 5) is 8.92. The summed E-state index contributed by atoms with van der Waals surface area (Å²) in [5.41, 5.74) is 0. The summed E-state index contributed by atoms with van der Waals surface area (Å²) < 4.78 is 16.4. The molecule has 0 aromatic carbocycles. The summed E-state index contributed by atoms with van der Waals surface area (Å²) in [6.07, 6.45) is 4.15. The third-order valence-electron chi connectivity index (χ3n) is 2.45. The van der Waals surface area contributed by atoms with Crippen LogP contribution in [0.4, 0.5) is 0 Å². The Balaban J connectivity index is 3.66. The van der Waals surface area contributed by atoms with Crippen molar-refractivity contribution >= 4 is 0 Å². The van der Waals surface area contributed by atoms with Gasteiger partial charge in [-0.25, -0.2) is 9.78 Å². The molecule has 2 N–H and O–H groups in total. The molecule has 0 spiro atoms. The van der Waals surface area contributed by atoms with E-state index < -0.39 is 6.79 Å². The van der Waals surface area contributed by atoms with Gasteiger partial charge in [-0.3, -0.25) is 0 Å². The quantitative estimate of drug-likeness (QED) is 0.134. The average molecular weight is 308 g/mol. The van der Waals surface area contributed by atoms with E-state index in [1.54, 1.807) is 6.08 Å². The summed E-state index contributed by atoms with van der Waals surface area (Å²) in [5.74, 6) is 0. The lowest BCUT2D eigenvalue weighted by Crippen LogP contribution is -2.27. The van der Waals surface area contributed by atoms with Gasteiger partial charge in [0.1, 0.15) is 12.7 Å². The highest BCUT2D eigenvalue weighted by Crippen LogP contribution is 2.01. The van der Waals surface area contributed by atoms with Gasteiger partial charge in [0.2, 0.25) is 0 Å². The normalized spacial score (nSPS) is 12.5. The molecule has 7 nitrogen and oxygen atoms in total. The van der Waals surface area contributed by atoms with Crippen molar-refractivity contribution in [2.75, 3.05) is 53.0 Å². The molecule has 0 fully saturated rings. The molecule has 0 aliphatic carbocycles. The zero-order chi connectivity index (χ0) is 15.6. The molecule has 7 heteroatoms. The van der Waals surface area contributed by atoms with E-state index in [1.165, 1.54) is 0 Å². The van der Waals surface area contributed by atoms with Crippen LogP contribution in [0, 0.1) is 0 Å². The molecule has 0 aliphatic heterocycles. The fourth-order valence-corrected chi connectivity index (χ4v) is 1.47. The second kappa shape index (κ2) is 17.5. The molecule has 21 heavy (non-hydrogen) atoms. The van der Waals surface area contributed by atoms with Crippen molar-refractivity contribution in [3.8, 4) is 0 Å². The zero-order valence-electron chi connectivity index (χ0n) is 12.6. The second-order valence-electron chi connectivity index (χ2n) is 4.25. The summed E-state index contributed by atoms with van der Waals surface area (Å²) >= 11 is 0. The molecule has 0 aromatic heterocycles. The SMILES string of the molecule is C=CCOCC(COCCOOCO)OCCCCCO. The molecule has 0 rings (SSSR count). The third kappa shape index (κ3) is 15.7. The first-order chi connectivity index (χ1) is 10.3. The molecule has 1 unspecified atom stereocenters. The maximum absolute atomic E-state index is 8.70. The molecule has 0 radical (unpaired) electrons. The number of hydrogen-bond acceptors (Lipinski definition) is 7. The lowest BCUT2D eigenvalue weighted by molar-refractivity contribution is -0.332. The summed E-state index contributed by atoms with van der Waals surface area (Å²) in [6.45, 7) is 5.79. The van der Waals surface area contributed by atoms with Crippen molar-refractivity contribution in [2.45, 2.75) is 25.4 Å². The lowest BCUT2D eigenvalue weighted by Gasteiger charge is -2.18. The molecule has 0 heterocycles. The van der Waals surface area contributed by atoms with Gasteiger partial charge in [0.25, 0.3) is 0 Å². The van der Waals surface area contributed by atoms with Gasteiger partial charge in [0.15, 0.2) is 6.79 Å². The van der Waals surface area contributed by atoms with Crippen LogP contribution in [0.3, 0.4) is 0 Å². The molecular weight excluding hydrogens is 280 g/mol. The van der Waals surface area contributed by atoms with E-state index in [0.717, 1.165) is 19.3 Å². The van der Waals surface area contributed by atoms with Gasteiger partial charge in [0.05, 0.1) is 26.4 Å². The Hall–Kier alpha value is -0.540. The van der Waals surface area contributed by atoms with E-state index in [1.807, 2.05) is 0 Å². The number of unbranched alkanes of at least 4 members (excludes halogenated alkanes) is 2. The van der Waals surface area contributed by atoms with Crippen LogP contribution < -0.4 is 0 Å². The maximum Gasteiger partial charge on any atom is 0.178 e. The van der Waals surface area contributed by atoms with Gasteiger partial charge < -0.3 is 24.4 Å². The van der Waals surface area contributed by atoms with E-state index in [2.05, 4.69) is 16.4 Å². The number of aliphatic hydroxyl groups excluding tert-OH is 2. The fourth-order valence-electron chi connectivity index (χ4n) is 1.47. The fraction of sp³-hybridized carbons (Fsp3) is 0.857. The minimum absolute atomic E-state index is 0.155. The Morgan fingerprint density at radius 2 is 1.71 bits per heavy atom. The highest BCUT2D eigenvalue weighted by Gasteiger charge is 2.09. The maximum atomic E-state index is 8.70. The third-order valence-corrected chi connectivity index (χ3v) is 2.45. The van der Waals surface area contributed by atoms with E-state index in [0.29, 0.717) is 33.0 Å².